The molecule has 0 spiro atoms. The number of likely N-dealkylation sites (N-methyl/N-ethyl adjacent to an activating group) is 1. The van der Waals surface area contributed by atoms with Crippen LogP contribution in [0.1, 0.15) is 0 Å². The number of aliphatic imine (C=N–C) groups is 1. The van der Waals surface area contributed by atoms with E-state index in [9.17, 15) is 13.2 Å². The van der Waals surface area contributed by atoms with Crippen LogP contribution in [-0.2, 0) is 4.74 Å². The molecule has 6 nitrogen and oxygen atoms in total. The van der Waals surface area contributed by atoms with Gasteiger partial charge in [0.1, 0.15) is 5.75 Å². The normalized spacial score (nSPS) is 19.5. The van der Waals surface area contributed by atoms with E-state index >= 15 is 0 Å². The molecule has 10 heteroatoms. The van der Waals surface area contributed by atoms with Crippen molar-refractivity contribution in [2.45, 2.75) is 12.5 Å². The first-order valence-electron chi connectivity index (χ1n) is 7.05. The average Bonchev–Trinajstić information content (AvgIpc) is 2.44. The fraction of sp³-hybridized carbons (Fsp3) is 0.500. The van der Waals surface area contributed by atoms with Gasteiger partial charge < -0.3 is 25.4 Å². The molecule has 1 saturated heterocycles. The minimum Gasteiger partial charge on any atom is -0.406 e. The summed E-state index contributed by atoms with van der Waals surface area (Å²) in [5.41, 5.74) is 6.10. The first-order valence-corrected chi connectivity index (χ1v) is 7.05. The van der Waals surface area contributed by atoms with Gasteiger partial charge in [0.2, 0.25) is 0 Å². The zero-order chi connectivity index (χ0) is 16.9. The minimum absolute atomic E-state index is 0. The van der Waals surface area contributed by atoms with Crippen molar-refractivity contribution in [1.29, 1.82) is 0 Å². The highest BCUT2D eigenvalue weighted by molar-refractivity contribution is 14.0. The first-order chi connectivity index (χ1) is 10.8. The second-order valence-electron chi connectivity index (χ2n) is 5.18. The summed E-state index contributed by atoms with van der Waals surface area (Å²) in [6.07, 6.45) is -4.78. The van der Waals surface area contributed by atoms with E-state index in [1.807, 2.05) is 7.05 Å². The fourth-order valence-corrected chi connectivity index (χ4v) is 2.14. The standard InChI is InChI=1S/C14H19F3N4O2.HI/c1-21-5-6-22-12(9-21)8-19-13(18)20-10-3-2-4-11(7-10)23-14(15,16)17;/h2-4,7,12H,5-6,8-9H2,1H3,(H3,18,19,20);1H. The SMILES string of the molecule is CN1CCOC(CN=C(N)Nc2cccc(OC(F)(F)F)c2)C1.I. The van der Waals surface area contributed by atoms with E-state index < -0.39 is 6.36 Å². The predicted octanol–water partition coefficient (Wildman–Crippen LogP) is 2.26. The number of alkyl halides is 3. The van der Waals surface area contributed by atoms with Crippen molar-refractivity contribution in [1.82, 2.24) is 4.90 Å². The second kappa shape index (κ2) is 9.28. The lowest BCUT2D eigenvalue weighted by Gasteiger charge is -2.29. The topological polar surface area (TPSA) is 72.1 Å². The van der Waals surface area contributed by atoms with E-state index in [2.05, 4.69) is 19.9 Å². The molecule has 1 aliphatic heterocycles. The Bertz CT molecular complexity index is 557. The number of hydrogen-bond acceptors (Lipinski definition) is 4. The maximum Gasteiger partial charge on any atom is 0.573 e. The molecule has 0 amide bonds. The smallest absolute Gasteiger partial charge is 0.406 e. The Labute approximate surface area is 155 Å². The third kappa shape index (κ3) is 7.53. The van der Waals surface area contributed by atoms with E-state index in [-0.39, 0.29) is 41.8 Å². The third-order valence-electron chi connectivity index (χ3n) is 3.15. The lowest BCUT2D eigenvalue weighted by molar-refractivity contribution is -0.274. The number of ether oxygens (including phenoxy) is 2. The fourth-order valence-electron chi connectivity index (χ4n) is 2.14. The molecule has 1 heterocycles. The summed E-state index contributed by atoms with van der Waals surface area (Å²) in [4.78, 5) is 6.28. The van der Waals surface area contributed by atoms with Crippen LogP contribution in [0.3, 0.4) is 0 Å². The maximum atomic E-state index is 12.2. The highest BCUT2D eigenvalue weighted by Gasteiger charge is 2.31. The summed E-state index contributed by atoms with van der Waals surface area (Å²) in [6, 6.07) is 5.39. The largest absolute Gasteiger partial charge is 0.573 e. The van der Waals surface area contributed by atoms with Gasteiger partial charge in [-0.15, -0.1) is 37.1 Å². The molecular formula is C14H20F3IN4O2. The average molecular weight is 460 g/mol. The molecule has 0 saturated carbocycles. The van der Waals surface area contributed by atoms with Crippen LogP contribution >= 0.6 is 24.0 Å². The molecular weight excluding hydrogens is 440 g/mol. The number of hydrogen-bond donors (Lipinski definition) is 2. The van der Waals surface area contributed by atoms with E-state index in [1.165, 1.54) is 18.2 Å². The molecule has 0 bridgehead atoms. The van der Waals surface area contributed by atoms with Crippen LogP contribution in [0.25, 0.3) is 0 Å². The predicted molar refractivity (Wildman–Crippen MR) is 95.9 cm³/mol. The van der Waals surface area contributed by atoms with Gasteiger partial charge >= 0.3 is 6.36 Å². The summed E-state index contributed by atoms with van der Waals surface area (Å²) < 4.78 is 45.9. The Morgan fingerprint density at radius 2 is 2.25 bits per heavy atom. The lowest BCUT2D eigenvalue weighted by Crippen LogP contribution is -2.41. The summed E-state index contributed by atoms with van der Waals surface area (Å²) in [6.45, 7) is 2.65. The zero-order valence-electron chi connectivity index (χ0n) is 13.0. The first kappa shape index (κ1) is 20.8. The van der Waals surface area contributed by atoms with Crippen molar-refractivity contribution >= 4 is 35.6 Å². The van der Waals surface area contributed by atoms with Gasteiger partial charge in [0.25, 0.3) is 0 Å². The Balaban J connectivity index is 0.00000288. The number of halogens is 4. The van der Waals surface area contributed by atoms with Gasteiger partial charge in [-0.05, 0) is 19.2 Å². The molecule has 0 aliphatic carbocycles. The lowest BCUT2D eigenvalue weighted by atomic mass is 10.3. The van der Waals surface area contributed by atoms with Gasteiger partial charge in [-0.1, -0.05) is 6.07 Å². The van der Waals surface area contributed by atoms with E-state index in [0.717, 1.165) is 13.1 Å². The van der Waals surface area contributed by atoms with Gasteiger partial charge in [-0.25, -0.2) is 0 Å². The van der Waals surface area contributed by atoms with E-state index in [0.29, 0.717) is 18.8 Å². The van der Waals surface area contributed by atoms with Gasteiger partial charge in [0.15, 0.2) is 5.96 Å². The van der Waals surface area contributed by atoms with Gasteiger partial charge in [0, 0.05) is 24.8 Å². The van der Waals surface area contributed by atoms with Gasteiger partial charge in [-0.3, -0.25) is 4.99 Å². The third-order valence-corrected chi connectivity index (χ3v) is 3.15. The van der Waals surface area contributed by atoms with E-state index in [1.54, 1.807) is 6.07 Å². The summed E-state index contributed by atoms with van der Waals surface area (Å²) in [5.74, 6) is -0.224. The number of nitrogens with one attached hydrogen (secondary N) is 1. The molecule has 1 unspecified atom stereocenters. The van der Waals surface area contributed by atoms with E-state index in [4.69, 9.17) is 10.5 Å². The highest BCUT2D eigenvalue weighted by Crippen LogP contribution is 2.24. The van der Waals surface area contributed by atoms with Crippen LogP contribution in [-0.4, -0.2) is 56.6 Å². The van der Waals surface area contributed by atoms with Crippen LogP contribution in [0, 0.1) is 0 Å². The van der Waals surface area contributed by atoms with Crippen LogP contribution in [0.2, 0.25) is 0 Å². The van der Waals surface area contributed by atoms with Crippen molar-refractivity contribution in [3.8, 4) is 5.75 Å². The highest BCUT2D eigenvalue weighted by atomic mass is 127. The second-order valence-corrected chi connectivity index (χ2v) is 5.18. The van der Waals surface area contributed by atoms with Gasteiger partial charge in [-0.2, -0.15) is 0 Å². The number of rotatable bonds is 4. The Morgan fingerprint density at radius 1 is 1.50 bits per heavy atom. The molecule has 1 atom stereocenters. The number of guanidine groups is 1. The van der Waals surface area contributed by atoms with Crippen molar-refractivity contribution in [3.63, 3.8) is 0 Å². The number of nitrogens with two attached hydrogens (primary N) is 1. The molecule has 3 N–H and O–H groups in total. The molecule has 2 rings (SSSR count). The monoisotopic (exact) mass is 460 g/mol. The summed E-state index contributed by atoms with van der Waals surface area (Å²) in [7, 11) is 1.99. The summed E-state index contributed by atoms with van der Waals surface area (Å²) in [5, 5.41) is 2.73. The quantitative estimate of drug-likeness (QED) is 0.410. The zero-order valence-corrected chi connectivity index (χ0v) is 15.4. The number of nitrogens with zero attached hydrogens (tertiary/aromatic N) is 2. The molecule has 0 radical (unpaired) electrons. The van der Waals surface area contributed by atoms with Crippen LogP contribution in [0.15, 0.2) is 29.3 Å². The minimum atomic E-state index is -4.73. The molecule has 1 aromatic carbocycles. The number of benzene rings is 1. The molecule has 1 fully saturated rings. The van der Waals surface area contributed by atoms with Crippen LogP contribution in [0.4, 0.5) is 18.9 Å². The van der Waals surface area contributed by atoms with Crippen molar-refractivity contribution in [2.24, 2.45) is 10.7 Å². The Kier molecular flexibility index (Phi) is 8.03. The maximum absolute atomic E-state index is 12.2. The van der Waals surface area contributed by atoms with Crippen LogP contribution in [0.5, 0.6) is 5.75 Å². The summed E-state index contributed by atoms with van der Waals surface area (Å²) >= 11 is 0. The molecule has 24 heavy (non-hydrogen) atoms. The van der Waals surface area contributed by atoms with Crippen LogP contribution < -0.4 is 15.8 Å². The van der Waals surface area contributed by atoms with Crippen molar-refractivity contribution in [3.05, 3.63) is 24.3 Å². The molecule has 1 aromatic rings. The Morgan fingerprint density at radius 3 is 2.92 bits per heavy atom. The Hall–Kier alpha value is -1.27. The molecule has 136 valence electrons. The van der Waals surface area contributed by atoms with Gasteiger partial charge in [0.05, 0.1) is 19.3 Å². The van der Waals surface area contributed by atoms with Crippen molar-refractivity contribution in [2.75, 3.05) is 38.6 Å². The van der Waals surface area contributed by atoms with Crippen molar-refractivity contribution < 1.29 is 22.6 Å². The number of morpholine rings is 1. The molecule has 0 aromatic heterocycles. The number of anilines is 1. The molecule has 1 aliphatic rings.